The Morgan fingerprint density at radius 1 is 1.35 bits per heavy atom. The summed E-state index contributed by atoms with van der Waals surface area (Å²) in [6, 6.07) is 11.3. The summed E-state index contributed by atoms with van der Waals surface area (Å²) in [6.45, 7) is -0.205. The number of benzene rings is 1. The van der Waals surface area contributed by atoms with Crippen molar-refractivity contribution >= 4 is 5.97 Å². The minimum atomic E-state index is -0.889. The lowest BCUT2D eigenvalue weighted by Gasteiger charge is -2.42. The summed E-state index contributed by atoms with van der Waals surface area (Å²) < 4.78 is 5.77. The molecule has 0 aromatic heterocycles. The van der Waals surface area contributed by atoms with Crippen LogP contribution in [-0.2, 0) is 9.53 Å². The zero-order chi connectivity index (χ0) is 14.1. The van der Waals surface area contributed by atoms with Crippen LogP contribution in [0, 0.1) is 0 Å². The number of likely N-dealkylation sites (N-methyl/N-ethyl adjacent to an activating group) is 1. The number of hydrogen-bond acceptors (Lipinski definition) is 3. The number of fused-ring (bicyclic) bond motifs is 2. The van der Waals surface area contributed by atoms with E-state index in [0.29, 0.717) is 18.0 Å². The molecule has 0 radical (unpaired) electrons. The molecule has 3 rings (SSSR count). The van der Waals surface area contributed by atoms with E-state index >= 15 is 0 Å². The Hall–Kier alpha value is -1.39. The summed E-state index contributed by atoms with van der Waals surface area (Å²) in [6.07, 6.45) is 3.34. The highest BCUT2D eigenvalue weighted by molar-refractivity contribution is 5.68. The van der Waals surface area contributed by atoms with E-state index in [0.717, 1.165) is 12.8 Å². The first-order valence-electron chi connectivity index (χ1n) is 7.27. The van der Waals surface area contributed by atoms with Gasteiger partial charge in [0.1, 0.15) is 6.61 Å². The van der Waals surface area contributed by atoms with Gasteiger partial charge in [0.2, 0.25) is 0 Å². The van der Waals surface area contributed by atoms with Crippen molar-refractivity contribution in [2.75, 3.05) is 13.7 Å². The zero-order valence-corrected chi connectivity index (χ0v) is 11.7. The first-order chi connectivity index (χ1) is 9.66. The van der Waals surface area contributed by atoms with Crippen LogP contribution in [0.5, 0.6) is 0 Å². The highest BCUT2D eigenvalue weighted by Gasteiger charge is 2.46. The monoisotopic (exact) mass is 275 g/mol. The lowest BCUT2D eigenvalue weighted by atomic mass is 9.83. The highest BCUT2D eigenvalue weighted by atomic mass is 16.5. The van der Waals surface area contributed by atoms with Gasteiger partial charge in [0.05, 0.1) is 6.10 Å². The predicted molar refractivity (Wildman–Crippen MR) is 75.7 cm³/mol. The molecule has 4 atom stereocenters. The fraction of sp³-hybridized carbons (Fsp3) is 0.562. The van der Waals surface area contributed by atoms with E-state index in [2.05, 4.69) is 24.1 Å². The molecule has 0 saturated carbocycles. The molecule has 1 N–H and O–H groups in total. The number of ether oxygens (including phenoxy) is 1. The normalized spacial score (nSPS) is 33.2. The average Bonchev–Trinajstić information content (AvgIpc) is 2.70. The van der Waals surface area contributed by atoms with E-state index in [4.69, 9.17) is 9.84 Å². The maximum atomic E-state index is 10.8. The molecule has 0 unspecified atom stereocenters. The minimum Gasteiger partial charge on any atom is -0.480 e. The summed E-state index contributed by atoms with van der Waals surface area (Å²) in [7, 11) is 2.14. The van der Waals surface area contributed by atoms with Gasteiger partial charge in [-0.2, -0.15) is 0 Å². The van der Waals surface area contributed by atoms with Crippen LogP contribution in [0.1, 0.15) is 30.7 Å². The van der Waals surface area contributed by atoms with Gasteiger partial charge in [0, 0.05) is 18.0 Å². The van der Waals surface area contributed by atoms with Crippen molar-refractivity contribution < 1.29 is 14.6 Å². The predicted octanol–water partition coefficient (Wildman–Crippen LogP) is 2.11. The van der Waals surface area contributed by atoms with Crippen LogP contribution in [0.2, 0.25) is 0 Å². The zero-order valence-electron chi connectivity index (χ0n) is 11.7. The lowest BCUT2D eigenvalue weighted by Crippen LogP contribution is -2.50. The Labute approximate surface area is 119 Å². The van der Waals surface area contributed by atoms with Crippen LogP contribution in [0.15, 0.2) is 30.3 Å². The van der Waals surface area contributed by atoms with Crippen LogP contribution in [0.3, 0.4) is 0 Å². The molecule has 2 fully saturated rings. The summed E-state index contributed by atoms with van der Waals surface area (Å²) in [4.78, 5) is 13.2. The summed E-state index contributed by atoms with van der Waals surface area (Å²) in [5.74, 6) is -0.580. The van der Waals surface area contributed by atoms with Crippen molar-refractivity contribution in [3.05, 3.63) is 35.9 Å². The first-order valence-corrected chi connectivity index (χ1v) is 7.27. The van der Waals surface area contributed by atoms with Crippen LogP contribution < -0.4 is 0 Å². The summed E-state index contributed by atoms with van der Waals surface area (Å²) in [5, 5.41) is 8.90. The van der Waals surface area contributed by atoms with Gasteiger partial charge >= 0.3 is 5.97 Å². The molecule has 2 aliphatic heterocycles. The molecule has 0 aliphatic carbocycles. The third kappa shape index (κ3) is 2.45. The van der Waals surface area contributed by atoms with Crippen LogP contribution in [-0.4, -0.2) is 47.8 Å². The fourth-order valence-electron chi connectivity index (χ4n) is 3.84. The van der Waals surface area contributed by atoms with Gasteiger partial charge < -0.3 is 9.84 Å². The second-order valence-corrected chi connectivity index (χ2v) is 5.89. The number of carboxylic acids is 1. The third-order valence-electron chi connectivity index (χ3n) is 4.82. The highest BCUT2D eigenvalue weighted by Crippen LogP contribution is 2.43. The van der Waals surface area contributed by atoms with Crippen molar-refractivity contribution in [2.45, 2.75) is 43.4 Å². The molecule has 1 aromatic rings. The largest absolute Gasteiger partial charge is 0.480 e. The van der Waals surface area contributed by atoms with Gasteiger partial charge in [0.15, 0.2) is 0 Å². The smallest absolute Gasteiger partial charge is 0.329 e. The van der Waals surface area contributed by atoms with Crippen molar-refractivity contribution in [1.29, 1.82) is 0 Å². The molecular weight excluding hydrogens is 254 g/mol. The number of carbonyl (C=O) groups is 1. The van der Waals surface area contributed by atoms with E-state index < -0.39 is 5.97 Å². The number of carboxylic acid groups (broad SMARTS) is 1. The number of nitrogens with zero attached hydrogens (tertiary/aromatic N) is 1. The number of piperidine rings is 1. The van der Waals surface area contributed by atoms with Gasteiger partial charge in [-0.1, -0.05) is 30.3 Å². The molecule has 2 saturated heterocycles. The molecule has 108 valence electrons. The van der Waals surface area contributed by atoms with Crippen molar-refractivity contribution in [2.24, 2.45) is 0 Å². The second kappa shape index (κ2) is 5.54. The number of rotatable bonds is 4. The lowest BCUT2D eigenvalue weighted by molar-refractivity contribution is -0.147. The number of aliphatic carboxylic acids is 1. The average molecular weight is 275 g/mol. The quantitative estimate of drug-likeness (QED) is 0.914. The second-order valence-electron chi connectivity index (χ2n) is 5.89. The maximum Gasteiger partial charge on any atom is 0.329 e. The van der Waals surface area contributed by atoms with Crippen LogP contribution in [0.4, 0.5) is 0 Å². The molecule has 20 heavy (non-hydrogen) atoms. The molecule has 2 aliphatic rings. The third-order valence-corrected chi connectivity index (χ3v) is 4.82. The van der Waals surface area contributed by atoms with E-state index in [1.807, 2.05) is 18.2 Å². The Kier molecular flexibility index (Phi) is 3.76. The molecular formula is C16H21NO3. The summed E-state index contributed by atoms with van der Waals surface area (Å²) >= 11 is 0. The van der Waals surface area contributed by atoms with Gasteiger partial charge in [0.25, 0.3) is 0 Å². The SMILES string of the molecule is CN1[C@H]2CC[C@@H]1[C@@H](OCC(=O)O)[C@@H](c1ccccc1)C2. The summed E-state index contributed by atoms with van der Waals surface area (Å²) in [5.41, 5.74) is 1.27. The number of hydrogen-bond donors (Lipinski definition) is 1. The minimum absolute atomic E-state index is 0.0164. The van der Waals surface area contributed by atoms with Crippen LogP contribution >= 0.6 is 0 Å². The van der Waals surface area contributed by atoms with Gasteiger partial charge in [-0.25, -0.2) is 4.79 Å². The molecule has 2 heterocycles. The molecule has 4 heteroatoms. The van der Waals surface area contributed by atoms with E-state index in [1.165, 1.54) is 12.0 Å². The maximum absolute atomic E-state index is 10.8. The van der Waals surface area contributed by atoms with Crippen LogP contribution in [0.25, 0.3) is 0 Å². The Bertz CT molecular complexity index is 476. The standard InChI is InChI=1S/C16H21NO3/c1-17-12-7-8-14(17)16(20-10-15(18)19)13(9-12)11-5-3-2-4-6-11/h2-6,12-14,16H,7-10H2,1H3,(H,18,19)/t12-,13+,14+,16-/m0/s1. The van der Waals surface area contributed by atoms with Gasteiger partial charge in [-0.15, -0.1) is 0 Å². The first kappa shape index (κ1) is 13.6. The van der Waals surface area contributed by atoms with Gasteiger partial charge in [-0.05, 0) is 31.9 Å². The molecule has 4 nitrogen and oxygen atoms in total. The molecule has 2 bridgehead atoms. The molecule has 0 spiro atoms. The van der Waals surface area contributed by atoms with E-state index in [9.17, 15) is 4.79 Å². The van der Waals surface area contributed by atoms with E-state index in [-0.39, 0.29) is 12.7 Å². The van der Waals surface area contributed by atoms with E-state index in [1.54, 1.807) is 0 Å². The molecule has 1 aromatic carbocycles. The van der Waals surface area contributed by atoms with Crippen molar-refractivity contribution in [1.82, 2.24) is 4.90 Å². The Morgan fingerprint density at radius 2 is 2.10 bits per heavy atom. The molecule has 0 amide bonds. The van der Waals surface area contributed by atoms with Gasteiger partial charge in [-0.3, -0.25) is 4.90 Å². The Balaban J connectivity index is 1.84. The fourth-order valence-corrected chi connectivity index (χ4v) is 3.84. The topological polar surface area (TPSA) is 49.8 Å². The Morgan fingerprint density at radius 3 is 2.80 bits per heavy atom. The van der Waals surface area contributed by atoms with Crippen molar-refractivity contribution in [3.63, 3.8) is 0 Å². The van der Waals surface area contributed by atoms with Crippen molar-refractivity contribution in [3.8, 4) is 0 Å².